The van der Waals surface area contributed by atoms with E-state index in [1.807, 2.05) is 66.7 Å². The van der Waals surface area contributed by atoms with Gasteiger partial charge in [0.15, 0.2) is 0 Å². The first-order valence-corrected chi connectivity index (χ1v) is 11.6. The zero-order chi connectivity index (χ0) is 23.8. The van der Waals surface area contributed by atoms with Crippen molar-refractivity contribution < 1.29 is 15.1 Å². The van der Waals surface area contributed by atoms with Crippen molar-refractivity contribution in [1.29, 1.82) is 0 Å². The number of pyridine rings is 1. The molecule has 0 bridgehead atoms. The Morgan fingerprint density at radius 3 is 2.44 bits per heavy atom. The number of aliphatic hydroxyl groups is 1. The number of nitrogens with one attached hydrogen (secondary N) is 2. The number of hydrogen-bond donors (Lipinski definition) is 4. The van der Waals surface area contributed by atoms with Crippen molar-refractivity contribution in [3.8, 4) is 11.1 Å². The Kier molecular flexibility index (Phi) is 7.95. The first-order valence-electron chi connectivity index (χ1n) is 10.7. The van der Waals surface area contributed by atoms with Gasteiger partial charge in [-0.25, -0.2) is 0 Å². The molecule has 2 aromatic carbocycles. The number of carbonyl (C=O) groups is 1. The number of rotatable bonds is 10. The summed E-state index contributed by atoms with van der Waals surface area (Å²) in [5, 5.41) is 26.9. The maximum Gasteiger partial charge on any atom is 0.290 e. The van der Waals surface area contributed by atoms with Crippen molar-refractivity contribution in [3.63, 3.8) is 0 Å². The summed E-state index contributed by atoms with van der Waals surface area (Å²) in [4.78, 5) is 20.7. The van der Waals surface area contributed by atoms with Crippen molar-refractivity contribution in [1.82, 2.24) is 20.3 Å². The molecule has 1 unspecified atom stereocenters. The lowest BCUT2D eigenvalue weighted by Crippen LogP contribution is -2.31. The van der Waals surface area contributed by atoms with E-state index >= 15 is 0 Å². The average molecular weight is 476 g/mol. The molecular weight excluding hydrogens is 450 g/mol. The fraction of sp³-hybridized carbons (Fsp3) is 0.160. The third-order valence-electron chi connectivity index (χ3n) is 5.14. The highest BCUT2D eigenvalue weighted by Crippen LogP contribution is 2.21. The minimum Gasteiger partial charge on any atom is -0.378 e. The van der Waals surface area contributed by atoms with Crippen LogP contribution < -0.4 is 10.6 Å². The van der Waals surface area contributed by atoms with Crippen LogP contribution in [-0.2, 0) is 13.0 Å². The first-order chi connectivity index (χ1) is 16.6. The zero-order valence-corrected chi connectivity index (χ0v) is 19.2. The number of anilines is 1. The van der Waals surface area contributed by atoms with Gasteiger partial charge in [0, 0.05) is 36.1 Å². The normalized spacial score (nSPS) is 11.7. The maximum absolute atomic E-state index is 12.0. The molecule has 8 nitrogen and oxygen atoms in total. The molecule has 4 rings (SSSR count). The van der Waals surface area contributed by atoms with Gasteiger partial charge in [-0.05, 0) is 29.3 Å². The van der Waals surface area contributed by atoms with Crippen LogP contribution in [0, 0.1) is 0 Å². The Morgan fingerprint density at radius 1 is 1.00 bits per heavy atom. The monoisotopic (exact) mass is 475 g/mol. The molecule has 0 saturated heterocycles. The maximum atomic E-state index is 12.0. The Hall–Kier alpha value is -3.63. The second-order valence-corrected chi connectivity index (χ2v) is 8.49. The summed E-state index contributed by atoms with van der Waals surface area (Å²) in [6.45, 7) is 0.543. The molecule has 0 radical (unpaired) electrons. The van der Waals surface area contributed by atoms with E-state index in [-0.39, 0.29) is 6.67 Å². The molecule has 0 aliphatic heterocycles. The van der Waals surface area contributed by atoms with Gasteiger partial charge < -0.3 is 10.4 Å². The van der Waals surface area contributed by atoms with Gasteiger partial charge in [-0.1, -0.05) is 48.5 Å². The lowest BCUT2D eigenvalue weighted by Gasteiger charge is -2.15. The van der Waals surface area contributed by atoms with Crippen molar-refractivity contribution in [3.05, 3.63) is 101 Å². The third-order valence-corrected chi connectivity index (χ3v) is 5.90. The van der Waals surface area contributed by atoms with Gasteiger partial charge in [-0.15, -0.1) is 11.3 Å². The lowest BCUT2D eigenvalue weighted by molar-refractivity contribution is -0.0522. The fourth-order valence-electron chi connectivity index (χ4n) is 3.28. The smallest absolute Gasteiger partial charge is 0.290 e. The van der Waals surface area contributed by atoms with Crippen LogP contribution in [0.5, 0.6) is 0 Å². The van der Waals surface area contributed by atoms with Gasteiger partial charge in [0.1, 0.15) is 17.8 Å². The van der Waals surface area contributed by atoms with Crippen LogP contribution in [0.25, 0.3) is 11.1 Å². The van der Waals surface area contributed by atoms with Crippen molar-refractivity contribution in [2.24, 2.45) is 0 Å². The molecule has 174 valence electrons. The second-order valence-electron chi connectivity index (χ2n) is 7.61. The molecule has 0 fully saturated rings. The van der Waals surface area contributed by atoms with Gasteiger partial charge in [0.05, 0.1) is 11.7 Å². The molecule has 2 aromatic heterocycles. The molecule has 9 heteroatoms. The number of thiazole rings is 1. The number of aromatic nitrogens is 2. The van der Waals surface area contributed by atoms with E-state index in [9.17, 15) is 15.1 Å². The van der Waals surface area contributed by atoms with Gasteiger partial charge in [0.25, 0.3) is 5.91 Å². The SMILES string of the molecule is O=C(c1cncs1)N(O)CNc1ccc(-c2ccc(CC(O)NCc3ccccc3)nc2)cc1. The summed E-state index contributed by atoms with van der Waals surface area (Å²) >= 11 is 1.17. The highest BCUT2D eigenvalue weighted by Gasteiger charge is 2.14. The number of nitrogens with zero attached hydrogens (tertiary/aromatic N) is 3. The minimum absolute atomic E-state index is 0.0486. The number of benzene rings is 2. The molecule has 1 atom stereocenters. The fourth-order valence-corrected chi connectivity index (χ4v) is 3.85. The zero-order valence-electron chi connectivity index (χ0n) is 18.3. The van der Waals surface area contributed by atoms with Crippen LogP contribution in [0.2, 0.25) is 0 Å². The molecular formula is C25H25N5O3S. The van der Waals surface area contributed by atoms with Crippen LogP contribution >= 0.6 is 11.3 Å². The Bertz CT molecular complexity index is 1170. The van der Waals surface area contributed by atoms with E-state index in [1.54, 1.807) is 11.7 Å². The second kappa shape index (κ2) is 11.5. The van der Waals surface area contributed by atoms with Gasteiger partial charge in [-0.2, -0.15) is 5.06 Å². The predicted molar refractivity (Wildman–Crippen MR) is 131 cm³/mol. The van der Waals surface area contributed by atoms with Crippen LogP contribution in [0.1, 0.15) is 20.9 Å². The van der Waals surface area contributed by atoms with E-state index in [0.29, 0.717) is 22.9 Å². The summed E-state index contributed by atoms with van der Waals surface area (Å²) in [5.41, 5.74) is 6.14. The van der Waals surface area contributed by atoms with Crippen molar-refractivity contribution in [2.75, 3.05) is 12.0 Å². The van der Waals surface area contributed by atoms with Crippen LogP contribution in [-0.4, -0.2) is 44.1 Å². The molecule has 0 aliphatic carbocycles. The number of hydrogen-bond acceptors (Lipinski definition) is 8. The van der Waals surface area contributed by atoms with Crippen LogP contribution in [0.3, 0.4) is 0 Å². The van der Waals surface area contributed by atoms with Crippen LogP contribution in [0.15, 0.2) is 84.6 Å². The van der Waals surface area contributed by atoms with Crippen LogP contribution in [0.4, 0.5) is 5.69 Å². The van der Waals surface area contributed by atoms with Gasteiger partial charge >= 0.3 is 0 Å². The summed E-state index contributed by atoms with van der Waals surface area (Å²) in [6, 6.07) is 21.4. The molecule has 0 saturated carbocycles. The summed E-state index contributed by atoms with van der Waals surface area (Å²) in [7, 11) is 0. The van der Waals surface area contributed by atoms with E-state index in [2.05, 4.69) is 20.6 Å². The number of aliphatic hydroxyl groups excluding tert-OH is 1. The van der Waals surface area contributed by atoms with Crippen molar-refractivity contribution in [2.45, 2.75) is 19.2 Å². The van der Waals surface area contributed by atoms with E-state index in [4.69, 9.17) is 0 Å². The summed E-state index contributed by atoms with van der Waals surface area (Å²) in [6.07, 6.45) is 2.93. The minimum atomic E-state index is -0.682. The van der Waals surface area contributed by atoms with E-state index < -0.39 is 12.1 Å². The number of hydroxylamine groups is 2. The van der Waals surface area contributed by atoms with E-state index in [0.717, 1.165) is 28.1 Å². The number of amides is 1. The molecule has 34 heavy (non-hydrogen) atoms. The molecule has 0 spiro atoms. The predicted octanol–water partition coefficient (Wildman–Crippen LogP) is 3.76. The molecule has 4 N–H and O–H groups in total. The Labute approximate surface area is 201 Å². The third kappa shape index (κ3) is 6.46. The summed E-state index contributed by atoms with van der Waals surface area (Å²) in [5.74, 6) is -0.502. The molecule has 2 heterocycles. The summed E-state index contributed by atoms with van der Waals surface area (Å²) < 4.78 is 0. The quantitative estimate of drug-likeness (QED) is 0.157. The molecule has 1 amide bonds. The van der Waals surface area contributed by atoms with Gasteiger partial charge in [-0.3, -0.25) is 25.3 Å². The number of carbonyl (C=O) groups excluding carboxylic acids is 1. The molecule has 4 aromatic rings. The average Bonchev–Trinajstić information content (AvgIpc) is 3.42. The Morgan fingerprint density at radius 2 is 1.76 bits per heavy atom. The topological polar surface area (TPSA) is 111 Å². The molecule has 0 aliphatic rings. The largest absolute Gasteiger partial charge is 0.378 e. The first kappa shape index (κ1) is 23.5. The van der Waals surface area contributed by atoms with E-state index in [1.165, 1.54) is 17.5 Å². The Balaban J connectivity index is 1.26. The standard InChI is InChI=1S/C25H25N5O3S/c31-24(28-13-18-4-2-1-3-5-18)12-22-11-8-20(14-27-22)19-6-9-21(10-7-19)29-16-30(33)25(32)23-15-26-17-34-23/h1-11,14-15,17,24,28-29,31,33H,12-13,16H2. The van der Waals surface area contributed by atoms with Crippen molar-refractivity contribution >= 4 is 22.9 Å². The van der Waals surface area contributed by atoms with Gasteiger partial charge in [0.2, 0.25) is 0 Å². The highest BCUT2D eigenvalue weighted by molar-refractivity contribution is 7.11. The highest BCUT2D eigenvalue weighted by atomic mass is 32.1. The lowest BCUT2D eigenvalue weighted by atomic mass is 10.1.